The molecule has 3 rings (SSSR count). The maximum absolute atomic E-state index is 13.6. The third kappa shape index (κ3) is 2.24. The molecule has 0 aliphatic carbocycles. The molecule has 3 nitrogen and oxygen atoms in total. The van der Waals surface area contributed by atoms with Crippen molar-refractivity contribution in [3.05, 3.63) is 65.2 Å². The molecule has 1 heterocycles. The topological polar surface area (TPSA) is 47.3 Å². The van der Waals surface area contributed by atoms with Crippen molar-refractivity contribution in [2.24, 2.45) is 0 Å². The number of hydrogen-bond acceptors (Lipinski definition) is 3. The van der Waals surface area contributed by atoms with Crippen LogP contribution in [0.1, 0.15) is 11.1 Å². The van der Waals surface area contributed by atoms with Crippen molar-refractivity contribution in [2.45, 2.75) is 5.60 Å². The van der Waals surface area contributed by atoms with Gasteiger partial charge in [-0.2, -0.15) is 5.26 Å². The first-order valence-electron chi connectivity index (χ1n) is 6.45. The van der Waals surface area contributed by atoms with E-state index in [1.807, 2.05) is 6.07 Å². The molecule has 0 saturated carbocycles. The minimum absolute atomic E-state index is 0.0290. The summed E-state index contributed by atoms with van der Waals surface area (Å²) in [7, 11) is 0. The summed E-state index contributed by atoms with van der Waals surface area (Å²) in [4.78, 5) is 1.73. The Morgan fingerprint density at radius 3 is 2.38 bits per heavy atom. The van der Waals surface area contributed by atoms with Crippen molar-refractivity contribution in [3.8, 4) is 6.07 Å². The van der Waals surface area contributed by atoms with Crippen LogP contribution in [0.3, 0.4) is 0 Å². The number of nitriles is 1. The van der Waals surface area contributed by atoms with Crippen molar-refractivity contribution in [2.75, 3.05) is 18.0 Å². The standard InChI is InChI=1S/C16H12F2N2O/c17-12-6-4-11(5-7-12)16(21)9-20(10-16)15-3-1-2-14(18)13(15)8-19/h1-7,21H,9-10H2. The van der Waals surface area contributed by atoms with E-state index in [0.717, 1.165) is 0 Å². The van der Waals surface area contributed by atoms with Gasteiger partial charge in [-0.1, -0.05) is 18.2 Å². The quantitative estimate of drug-likeness (QED) is 0.923. The molecule has 1 aliphatic rings. The number of hydrogen-bond donors (Lipinski definition) is 1. The molecular formula is C16H12F2N2O. The van der Waals surface area contributed by atoms with E-state index in [0.29, 0.717) is 11.3 Å². The van der Waals surface area contributed by atoms with Crippen LogP contribution in [-0.4, -0.2) is 18.2 Å². The van der Waals surface area contributed by atoms with Crippen LogP contribution < -0.4 is 4.90 Å². The fourth-order valence-electron chi connectivity index (χ4n) is 2.59. The lowest BCUT2D eigenvalue weighted by molar-refractivity contribution is 0.00743. The first-order valence-corrected chi connectivity index (χ1v) is 6.45. The summed E-state index contributed by atoms with van der Waals surface area (Å²) in [6.07, 6.45) is 0. The van der Waals surface area contributed by atoms with Crippen molar-refractivity contribution < 1.29 is 13.9 Å². The number of anilines is 1. The van der Waals surface area contributed by atoms with Gasteiger partial charge in [-0.25, -0.2) is 8.78 Å². The molecule has 0 amide bonds. The van der Waals surface area contributed by atoms with Crippen LogP contribution in [0.2, 0.25) is 0 Å². The molecule has 1 N–H and O–H groups in total. The second-order valence-electron chi connectivity index (χ2n) is 5.14. The van der Waals surface area contributed by atoms with Crippen LogP contribution in [0, 0.1) is 23.0 Å². The van der Waals surface area contributed by atoms with E-state index in [9.17, 15) is 13.9 Å². The zero-order chi connectivity index (χ0) is 15.0. The summed E-state index contributed by atoms with van der Waals surface area (Å²) in [6, 6.07) is 11.9. The van der Waals surface area contributed by atoms with Crippen LogP contribution in [0.4, 0.5) is 14.5 Å². The number of nitrogens with zero attached hydrogens (tertiary/aromatic N) is 2. The van der Waals surface area contributed by atoms with E-state index < -0.39 is 11.4 Å². The van der Waals surface area contributed by atoms with Crippen LogP contribution in [-0.2, 0) is 5.60 Å². The number of halogens is 2. The third-order valence-electron chi connectivity index (χ3n) is 3.73. The van der Waals surface area contributed by atoms with E-state index in [-0.39, 0.29) is 24.5 Å². The predicted molar refractivity (Wildman–Crippen MR) is 73.6 cm³/mol. The first kappa shape index (κ1) is 13.5. The summed E-state index contributed by atoms with van der Waals surface area (Å²) in [5.41, 5.74) is -0.0646. The Labute approximate surface area is 120 Å². The summed E-state index contributed by atoms with van der Waals surface area (Å²) in [5, 5.41) is 19.5. The van der Waals surface area contributed by atoms with Gasteiger partial charge in [0.1, 0.15) is 28.9 Å². The van der Waals surface area contributed by atoms with Gasteiger partial charge in [-0.3, -0.25) is 0 Å². The van der Waals surface area contributed by atoms with Gasteiger partial charge in [-0.05, 0) is 29.8 Å². The summed E-state index contributed by atoms with van der Waals surface area (Å²) < 4.78 is 26.5. The average molecular weight is 286 g/mol. The summed E-state index contributed by atoms with van der Waals surface area (Å²) in [5.74, 6) is -0.942. The zero-order valence-electron chi connectivity index (χ0n) is 11.1. The van der Waals surface area contributed by atoms with Crippen LogP contribution in [0.5, 0.6) is 0 Å². The molecule has 0 aromatic heterocycles. The van der Waals surface area contributed by atoms with Gasteiger partial charge in [0.15, 0.2) is 0 Å². The highest BCUT2D eigenvalue weighted by atomic mass is 19.1. The smallest absolute Gasteiger partial charge is 0.143 e. The minimum atomic E-state index is -1.10. The first-order chi connectivity index (χ1) is 10.0. The van der Waals surface area contributed by atoms with Gasteiger partial charge in [0, 0.05) is 0 Å². The number of β-amino-alcohol motifs (C(OH)–C–C–N with tert-alkyl or cyclic N) is 1. The largest absolute Gasteiger partial charge is 0.381 e. The third-order valence-corrected chi connectivity index (χ3v) is 3.73. The Bertz CT molecular complexity index is 716. The Morgan fingerprint density at radius 2 is 1.76 bits per heavy atom. The van der Waals surface area contributed by atoms with E-state index in [1.165, 1.54) is 36.4 Å². The monoisotopic (exact) mass is 286 g/mol. The fraction of sp³-hybridized carbons (Fsp3) is 0.188. The molecule has 1 fully saturated rings. The molecule has 1 aliphatic heterocycles. The average Bonchev–Trinajstić information content (AvgIpc) is 2.44. The molecule has 5 heteroatoms. The molecule has 0 unspecified atom stereocenters. The van der Waals surface area contributed by atoms with Crippen molar-refractivity contribution >= 4 is 5.69 Å². The van der Waals surface area contributed by atoms with Gasteiger partial charge in [0.2, 0.25) is 0 Å². The normalized spacial score (nSPS) is 16.2. The van der Waals surface area contributed by atoms with Gasteiger partial charge in [-0.15, -0.1) is 0 Å². The predicted octanol–water partition coefficient (Wildman–Crippen LogP) is 2.54. The molecule has 0 bridgehead atoms. The maximum Gasteiger partial charge on any atom is 0.143 e. The second-order valence-corrected chi connectivity index (χ2v) is 5.14. The lowest BCUT2D eigenvalue weighted by Crippen LogP contribution is -2.59. The van der Waals surface area contributed by atoms with Gasteiger partial charge in [0.25, 0.3) is 0 Å². The molecule has 1 saturated heterocycles. The summed E-state index contributed by atoms with van der Waals surface area (Å²) >= 11 is 0. The van der Waals surface area contributed by atoms with Crippen molar-refractivity contribution in [3.63, 3.8) is 0 Å². The minimum Gasteiger partial charge on any atom is -0.381 e. The molecule has 0 spiro atoms. The van der Waals surface area contributed by atoms with Crippen LogP contribution >= 0.6 is 0 Å². The SMILES string of the molecule is N#Cc1c(F)cccc1N1CC(O)(c2ccc(F)cc2)C1. The zero-order valence-corrected chi connectivity index (χ0v) is 11.1. The molecule has 106 valence electrons. The summed E-state index contributed by atoms with van der Waals surface area (Å²) in [6.45, 7) is 0.466. The molecule has 0 radical (unpaired) electrons. The van der Waals surface area contributed by atoms with E-state index >= 15 is 0 Å². The van der Waals surface area contributed by atoms with E-state index in [1.54, 1.807) is 11.0 Å². The van der Waals surface area contributed by atoms with Crippen LogP contribution in [0.25, 0.3) is 0 Å². The Balaban J connectivity index is 1.84. The second kappa shape index (κ2) is 4.83. The van der Waals surface area contributed by atoms with Crippen LogP contribution in [0.15, 0.2) is 42.5 Å². The Kier molecular flexibility index (Phi) is 3.11. The Hall–Kier alpha value is -2.45. The molecule has 2 aromatic carbocycles. The van der Waals surface area contributed by atoms with Gasteiger partial charge in [0.05, 0.1) is 18.8 Å². The highest BCUT2D eigenvalue weighted by Crippen LogP contribution is 2.37. The number of benzene rings is 2. The fourth-order valence-corrected chi connectivity index (χ4v) is 2.59. The van der Waals surface area contributed by atoms with E-state index in [4.69, 9.17) is 5.26 Å². The maximum atomic E-state index is 13.6. The Morgan fingerprint density at radius 1 is 1.10 bits per heavy atom. The van der Waals surface area contributed by atoms with Gasteiger partial charge >= 0.3 is 0 Å². The molecule has 21 heavy (non-hydrogen) atoms. The van der Waals surface area contributed by atoms with Gasteiger partial charge < -0.3 is 10.0 Å². The molecule has 2 aromatic rings. The highest BCUT2D eigenvalue weighted by molar-refractivity contribution is 5.62. The molecule has 0 atom stereocenters. The van der Waals surface area contributed by atoms with Crippen molar-refractivity contribution in [1.82, 2.24) is 0 Å². The number of rotatable bonds is 2. The lowest BCUT2D eigenvalue weighted by Gasteiger charge is -2.48. The van der Waals surface area contributed by atoms with Crippen molar-refractivity contribution in [1.29, 1.82) is 5.26 Å². The van der Waals surface area contributed by atoms with E-state index in [2.05, 4.69) is 0 Å². The molecular weight excluding hydrogens is 274 g/mol. The lowest BCUT2D eigenvalue weighted by atomic mass is 9.85. The highest BCUT2D eigenvalue weighted by Gasteiger charge is 2.43. The number of aliphatic hydroxyl groups is 1.